The summed E-state index contributed by atoms with van der Waals surface area (Å²) in [5.41, 5.74) is 0.247. The van der Waals surface area contributed by atoms with E-state index in [2.05, 4.69) is 10.3 Å². The van der Waals surface area contributed by atoms with E-state index >= 15 is 0 Å². The van der Waals surface area contributed by atoms with E-state index < -0.39 is 10.8 Å². The molecular weight excluding hydrogens is 330 g/mol. The van der Waals surface area contributed by atoms with Crippen LogP contribution in [0.25, 0.3) is 0 Å². The van der Waals surface area contributed by atoms with E-state index in [1.807, 2.05) is 0 Å². The molecule has 9 heteroatoms. The number of halogens is 1. The first-order chi connectivity index (χ1) is 10.3. The largest absolute Gasteiger partial charge is 0.298 e. The highest BCUT2D eigenvalue weighted by molar-refractivity contribution is 7.17. The van der Waals surface area contributed by atoms with E-state index in [-0.39, 0.29) is 27.2 Å². The van der Waals surface area contributed by atoms with Gasteiger partial charge in [0.2, 0.25) is 0 Å². The molecule has 0 saturated carbocycles. The third-order valence-corrected chi connectivity index (χ3v) is 4.24. The summed E-state index contributed by atoms with van der Waals surface area (Å²) >= 11 is 6.75. The lowest BCUT2D eigenvalue weighted by molar-refractivity contribution is -0.384. The zero-order valence-electron chi connectivity index (χ0n) is 11.5. The molecule has 1 amide bonds. The van der Waals surface area contributed by atoms with Gasteiger partial charge in [-0.25, -0.2) is 4.98 Å². The Bertz CT molecular complexity index is 788. The summed E-state index contributed by atoms with van der Waals surface area (Å²) < 4.78 is 0. The Balaban J connectivity index is 2.26. The predicted octanol–water partition coefficient (Wildman–Crippen LogP) is 3.47. The number of ketones is 1. The second kappa shape index (κ2) is 6.20. The van der Waals surface area contributed by atoms with Crippen LogP contribution in [0.2, 0.25) is 5.02 Å². The number of thiazole rings is 1. The van der Waals surface area contributed by atoms with Gasteiger partial charge >= 0.3 is 0 Å². The van der Waals surface area contributed by atoms with Crippen molar-refractivity contribution in [3.8, 4) is 0 Å². The van der Waals surface area contributed by atoms with Crippen LogP contribution in [0.3, 0.4) is 0 Å². The lowest BCUT2D eigenvalue weighted by Crippen LogP contribution is -2.12. The van der Waals surface area contributed by atoms with Gasteiger partial charge in [0.1, 0.15) is 5.02 Å². The van der Waals surface area contributed by atoms with Crippen molar-refractivity contribution >= 4 is 45.4 Å². The van der Waals surface area contributed by atoms with E-state index in [4.69, 9.17) is 11.6 Å². The molecule has 0 aliphatic heterocycles. The maximum atomic E-state index is 12.1. The van der Waals surface area contributed by atoms with Gasteiger partial charge in [-0.2, -0.15) is 0 Å². The summed E-state index contributed by atoms with van der Waals surface area (Å²) in [4.78, 5) is 38.1. The molecule has 1 aromatic heterocycles. The average Bonchev–Trinajstić information content (AvgIpc) is 2.79. The monoisotopic (exact) mass is 339 g/mol. The summed E-state index contributed by atoms with van der Waals surface area (Å²) in [7, 11) is 0. The number of carbonyl (C=O) groups is 2. The van der Waals surface area contributed by atoms with Gasteiger partial charge in [-0.05, 0) is 19.1 Å². The summed E-state index contributed by atoms with van der Waals surface area (Å²) in [6.45, 7) is 3.07. The van der Waals surface area contributed by atoms with Gasteiger partial charge in [0.25, 0.3) is 11.6 Å². The van der Waals surface area contributed by atoms with Crippen LogP contribution in [-0.2, 0) is 0 Å². The first kappa shape index (κ1) is 16.1. The smallest absolute Gasteiger partial charge is 0.288 e. The number of benzene rings is 1. The SMILES string of the molecule is CC(=O)c1sc(NC(=O)c2ccc(Cl)c([N+](=O)[O-])c2)nc1C. The Morgan fingerprint density at radius 1 is 1.41 bits per heavy atom. The molecule has 1 N–H and O–H groups in total. The lowest BCUT2D eigenvalue weighted by Gasteiger charge is -2.02. The maximum Gasteiger partial charge on any atom is 0.288 e. The van der Waals surface area contributed by atoms with Crippen LogP contribution in [0.1, 0.15) is 32.6 Å². The van der Waals surface area contributed by atoms with Crippen LogP contribution in [0.5, 0.6) is 0 Å². The van der Waals surface area contributed by atoms with Crippen LogP contribution in [0.4, 0.5) is 10.8 Å². The lowest BCUT2D eigenvalue weighted by atomic mass is 10.2. The molecule has 1 heterocycles. The van der Waals surface area contributed by atoms with Crippen LogP contribution < -0.4 is 5.32 Å². The Hall–Kier alpha value is -2.32. The molecule has 0 saturated heterocycles. The number of aromatic nitrogens is 1. The fraction of sp³-hybridized carbons (Fsp3) is 0.154. The molecule has 0 aliphatic carbocycles. The molecule has 0 atom stereocenters. The van der Waals surface area contributed by atoms with Crippen LogP contribution >= 0.6 is 22.9 Å². The minimum Gasteiger partial charge on any atom is -0.298 e. The molecule has 2 rings (SSSR count). The number of aryl methyl sites for hydroxylation is 1. The zero-order valence-corrected chi connectivity index (χ0v) is 13.1. The third kappa shape index (κ3) is 3.29. The number of hydrogen-bond acceptors (Lipinski definition) is 6. The number of rotatable bonds is 4. The van der Waals surface area contributed by atoms with Gasteiger partial charge in [-0.15, -0.1) is 0 Å². The normalized spacial score (nSPS) is 10.3. The summed E-state index contributed by atoms with van der Waals surface area (Å²) in [6, 6.07) is 3.74. The quantitative estimate of drug-likeness (QED) is 0.522. The van der Waals surface area contributed by atoms with E-state index in [0.717, 1.165) is 17.4 Å². The van der Waals surface area contributed by atoms with E-state index in [1.165, 1.54) is 19.1 Å². The van der Waals surface area contributed by atoms with E-state index in [1.54, 1.807) is 6.92 Å². The third-order valence-electron chi connectivity index (χ3n) is 2.74. The van der Waals surface area contributed by atoms with Crippen molar-refractivity contribution in [2.75, 3.05) is 5.32 Å². The molecule has 7 nitrogen and oxygen atoms in total. The van der Waals surface area contributed by atoms with Crippen molar-refractivity contribution < 1.29 is 14.5 Å². The highest BCUT2D eigenvalue weighted by Crippen LogP contribution is 2.27. The highest BCUT2D eigenvalue weighted by Gasteiger charge is 2.18. The number of hydrogen-bond donors (Lipinski definition) is 1. The second-order valence-electron chi connectivity index (χ2n) is 4.37. The number of anilines is 1. The number of nitro benzene ring substituents is 1. The Morgan fingerprint density at radius 2 is 2.09 bits per heavy atom. The molecule has 0 spiro atoms. The molecule has 0 radical (unpaired) electrons. The number of nitro groups is 1. The van der Waals surface area contributed by atoms with E-state index in [0.29, 0.717) is 10.6 Å². The van der Waals surface area contributed by atoms with Crippen molar-refractivity contribution in [3.05, 3.63) is 49.5 Å². The topological polar surface area (TPSA) is 102 Å². The number of Topliss-reactive ketones (excluding diaryl/α,β-unsaturated/α-hetero) is 1. The minimum absolute atomic E-state index is 0.0505. The summed E-state index contributed by atoms with van der Waals surface area (Å²) in [5.74, 6) is -0.707. The Morgan fingerprint density at radius 3 is 2.64 bits per heavy atom. The van der Waals surface area contributed by atoms with Crippen LogP contribution in [0.15, 0.2) is 18.2 Å². The first-order valence-corrected chi connectivity index (χ1v) is 7.22. The van der Waals surface area contributed by atoms with Crippen molar-refractivity contribution in [1.82, 2.24) is 4.98 Å². The fourth-order valence-corrected chi connectivity index (χ4v) is 2.78. The molecule has 114 valence electrons. The Kier molecular flexibility index (Phi) is 4.53. The van der Waals surface area contributed by atoms with Crippen LogP contribution in [0, 0.1) is 17.0 Å². The fourth-order valence-electron chi connectivity index (χ4n) is 1.74. The molecule has 1 aromatic carbocycles. The minimum atomic E-state index is -0.666. The molecule has 0 aliphatic rings. The van der Waals surface area contributed by atoms with Crippen molar-refractivity contribution in [3.63, 3.8) is 0 Å². The number of carbonyl (C=O) groups excluding carboxylic acids is 2. The van der Waals surface area contributed by atoms with Gasteiger partial charge in [0, 0.05) is 18.6 Å². The second-order valence-corrected chi connectivity index (χ2v) is 5.77. The van der Waals surface area contributed by atoms with Gasteiger partial charge in [0.15, 0.2) is 10.9 Å². The van der Waals surface area contributed by atoms with Crippen molar-refractivity contribution in [2.24, 2.45) is 0 Å². The number of nitrogens with zero attached hydrogens (tertiary/aromatic N) is 2. The Labute approximate surface area is 134 Å². The molecule has 22 heavy (non-hydrogen) atoms. The van der Waals surface area contributed by atoms with Gasteiger partial charge in [-0.1, -0.05) is 22.9 Å². The number of amides is 1. The zero-order chi connectivity index (χ0) is 16.4. The predicted molar refractivity (Wildman–Crippen MR) is 82.9 cm³/mol. The van der Waals surface area contributed by atoms with Gasteiger partial charge in [0.05, 0.1) is 15.5 Å². The number of nitrogens with one attached hydrogen (secondary N) is 1. The average molecular weight is 340 g/mol. The molecule has 0 fully saturated rings. The van der Waals surface area contributed by atoms with E-state index in [9.17, 15) is 19.7 Å². The summed E-state index contributed by atoms with van der Waals surface area (Å²) in [5, 5.41) is 13.5. The van der Waals surface area contributed by atoms with Gasteiger partial charge < -0.3 is 0 Å². The summed E-state index contributed by atoms with van der Waals surface area (Å²) in [6.07, 6.45) is 0. The standard InChI is InChI=1S/C13H10ClN3O4S/c1-6-11(7(2)18)22-13(15-6)16-12(19)8-3-4-9(14)10(5-8)17(20)21/h3-5H,1-2H3,(H,15,16,19). The van der Waals surface area contributed by atoms with Crippen molar-refractivity contribution in [2.45, 2.75) is 13.8 Å². The molecule has 0 bridgehead atoms. The molecule has 2 aromatic rings. The van der Waals surface area contributed by atoms with Crippen molar-refractivity contribution in [1.29, 1.82) is 0 Å². The highest BCUT2D eigenvalue weighted by atomic mass is 35.5. The first-order valence-electron chi connectivity index (χ1n) is 6.03. The van der Waals surface area contributed by atoms with Gasteiger partial charge in [-0.3, -0.25) is 25.0 Å². The molecule has 0 unspecified atom stereocenters. The molecular formula is C13H10ClN3O4S. The maximum absolute atomic E-state index is 12.1. The van der Waals surface area contributed by atoms with Crippen LogP contribution in [-0.4, -0.2) is 21.6 Å².